The van der Waals surface area contributed by atoms with E-state index in [4.69, 9.17) is 5.73 Å². The van der Waals surface area contributed by atoms with Crippen LogP contribution in [0.5, 0.6) is 0 Å². The fourth-order valence-corrected chi connectivity index (χ4v) is 1.16. The predicted octanol–water partition coefficient (Wildman–Crippen LogP) is -0.529. The summed E-state index contributed by atoms with van der Waals surface area (Å²) in [6, 6.07) is 3.70. The van der Waals surface area contributed by atoms with Crippen molar-refractivity contribution in [1.29, 1.82) is 0 Å². The minimum absolute atomic E-state index is 0.504. The summed E-state index contributed by atoms with van der Waals surface area (Å²) < 4.78 is 0. The van der Waals surface area contributed by atoms with Crippen molar-refractivity contribution in [3.63, 3.8) is 0 Å². The van der Waals surface area contributed by atoms with Gasteiger partial charge in [-0.3, -0.25) is 4.99 Å². The maximum Gasteiger partial charge on any atom is 0.157 e. The molecule has 0 saturated heterocycles. The van der Waals surface area contributed by atoms with Crippen molar-refractivity contribution >= 4 is 11.9 Å². The number of hydrogen-bond acceptors (Lipinski definition) is 3. The van der Waals surface area contributed by atoms with Gasteiger partial charge in [-0.15, -0.1) is 0 Å². The first-order valence-electron chi connectivity index (χ1n) is 4.09. The van der Waals surface area contributed by atoms with E-state index in [9.17, 15) is 0 Å². The van der Waals surface area contributed by atoms with E-state index < -0.39 is 0 Å². The molecule has 64 valence electrons. The zero-order valence-electron chi connectivity index (χ0n) is 7.12. The molecule has 2 heterocycles. The van der Waals surface area contributed by atoms with Crippen molar-refractivity contribution in [2.24, 2.45) is 4.99 Å². The van der Waals surface area contributed by atoms with Crippen LogP contribution < -0.4 is 16.4 Å². The molecule has 0 aliphatic carbocycles. The van der Waals surface area contributed by atoms with Gasteiger partial charge in [-0.25, -0.2) is 4.98 Å². The van der Waals surface area contributed by atoms with Crippen LogP contribution in [-0.4, -0.2) is 11.5 Å². The predicted molar refractivity (Wildman–Crippen MR) is 51.2 cm³/mol. The van der Waals surface area contributed by atoms with Crippen LogP contribution in [0.3, 0.4) is 0 Å². The summed E-state index contributed by atoms with van der Waals surface area (Å²) in [5.41, 5.74) is 6.25. The molecule has 1 aromatic heterocycles. The topological polar surface area (TPSA) is 51.3 Å². The highest BCUT2D eigenvalue weighted by atomic mass is 14.9. The van der Waals surface area contributed by atoms with E-state index in [1.54, 1.807) is 6.07 Å². The van der Waals surface area contributed by atoms with Gasteiger partial charge in [0.1, 0.15) is 12.4 Å². The second-order valence-electron chi connectivity index (χ2n) is 2.73. The number of nitrogen functional groups attached to an aromatic ring is 1. The SMILES string of the molecule is Nc1cc/c2c(n1)=NCC#CC\C=2. The Bertz CT molecular complexity index is 491. The normalized spacial score (nSPS) is 16.2. The first kappa shape index (κ1) is 7.81. The van der Waals surface area contributed by atoms with Gasteiger partial charge in [0.25, 0.3) is 0 Å². The quantitative estimate of drug-likeness (QED) is 0.533. The number of nitrogens with two attached hydrogens (primary N) is 1. The van der Waals surface area contributed by atoms with E-state index >= 15 is 0 Å². The van der Waals surface area contributed by atoms with Gasteiger partial charge in [0.2, 0.25) is 0 Å². The van der Waals surface area contributed by atoms with E-state index in [1.165, 1.54) is 0 Å². The fraction of sp³-hybridized carbons (Fsp3) is 0.200. The van der Waals surface area contributed by atoms with Crippen molar-refractivity contribution < 1.29 is 0 Å². The molecule has 2 N–H and O–H groups in total. The maximum absolute atomic E-state index is 5.55. The average molecular weight is 171 g/mol. The second kappa shape index (κ2) is 3.28. The monoisotopic (exact) mass is 171 g/mol. The minimum atomic E-state index is 0.504. The molecule has 0 radical (unpaired) electrons. The zero-order valence-corrected chi connectivity index (χ0v) is 7.12. The molecule has 3 heteroatoms. The lowest BCUT2D eigenvalue weighted by Gasteiger charge is -1.93. The standard InChI is InChI=1S/C10H9N3/c11-9-6-5-8-4-2-1-3-7-12-10(8)13-9/h4-6H,2,7H2,(H2,11,12,13)/b8-4-. The van der Waals surface area contributed by atoms with Crippen LogP contribution in [0, 0.1) is 11.8 Å². The Morgan fingerprint density at radius 3 is 3.15 bits per heavy atom. The average Bonchev–Trinajstić information content (AvgIpc) is 2.08. The molecule has 1 aliphatic rings. The van der Waals surface area contributed by atoms with Crippen LogP contribution in [0.25, 0.3) is 6.08 Å². The van der Waals surface area contributed by atoms with Gasteiger partial charge in [0.05, 0.1) is 0 Å². The van der Waals surface area contributed by atoms with E-state index in [2.05, 4.69) is 21.8 Å². The molecule has 0 atom stereocenters. The third-order valence-corrected chi connectivity index (χ3v) is 1.78. The highest BCUT2D eigenvalue weighted by molar-refractivity contribution is 5.33. The summed E-state index contributed by atoms with van der Waals surface area (Å²) in [5.74, 6) is 6.41. The highest BCUT2D eigenvalue weighted by Gasteiger charge is 1.91. The molecule has 1 aromatic rings. The minimum Gasteiger partial charge on any atom is -0.384 e. The van der Waals surface area contributed by atoms with Gasteiger partial charge < -0.3 is 5.73 Å². The van der Waals surface area contributed by atoms with Crippen LogP contribution in [0.15, 0.2) is 17.1 Å². The molecule has 0 bridgehead atoms. The number of rotatable bonds is 0. The first-order chi connectivity index (χ1) is 6.36. The van der Waals surface area contributed by atoms with Crippen molar-refractivity contribution in [1.82, 2.24) is 4.98 Å². The van der Waals surface area contributed by atoms with Crippen LogP contribution in [0.2, 0.25) is 0 Å². The Labute approximate surface area is 76.0 Å². The van der Waals surface area contributed by atoms with Crippen molar-refractivity contribution in [2.45, 2.75) is 6.42 Å². The molecule has 0 fully saturated rings. The maximum atomic E-state index is 5.55. The molecule has 2 rings (SSSR count). The number of hydrogen-bond donors (Lipinski definition) is 1. The summed E-state index contributed by atoms with van der Waals surface area (Å²) in [4.78, 5) is 8.34. The molecule has 0 spiro atoms. The third kappa shape index (κ3) is 1.67. The van der Waals surface area contributed by atoms with Gasteiger partial charge in [-0.2, -0.15) is 0 Å². The Hall–Kier alpha value is -1.82. The second-order valence-corrected chi connectivity index (χ2v) is 2.73. The van der Waals surface area contributed by atoms with E-state index in [1.807, 2.05) is 12.1 Å². The Balaban J connectivity index is 2.70. The first-order valence-corrected chi connectivity index (χ1v) is 4.09. The van der Waals surface area contributed by atoms with Crippen molar-refractivity contribution in [2.75, 3.05) is 12.3 Å². The highest BCUT2D eigenvalue weighted by Crippen LogP contribution is 1.86. The van der Waals surface area contributed by atoms with Crippen molar-refractivity contribution in [3.05, 3.63) is 22.8 Å². The largest absolute Gasteiger partial charge is 0.384 e. The lowest BCUT2D eigenvalue weighted by Crippen LogP contribution is -2.29. The van der Waals surface area contributed by atoms with Gasteiger partial charge in [0.15, 0.2) is 5.49 Å². The number of pyridine rings is 1. The summed E-state index contributed by atoms with van der Waals surface area (Å²) in [6.07, 6.45) is 2.77. The van der Waals surface area contributed by atoms with Gasteiger partial charge in [0, 0.05) is 11.6 Å². The summed E-state index contributed by atoms with van der Waals surface area (Å²) in [6.45, 7) is 0.511. The number of nitrogens with zero attached hydrogens (tertiary/aromatic N) is 2. The molecule has 0 saturated carbocycles. The molecular formula is C10H9N3. The van der Waals surface area contributed by atoms with E-state index in [0.717, 1.165) is 11.6 Å². The Morgan fingerprint density at radius 2 is 2.23 bits per heavy atom. The lowest BCUT2D eigenvalue weighted by molar-refractivity contribution is 1.05. The lowest BCUT2D eigenvalue weighted by atomic mass is 10.3. The Kier molecular flexibility index (Phi) is 1.97. The molecule has 1 aliphatic heterocycles. The van der Waals surface area contributed by atoms with E-state index in [0.29, 0.717) is 17.9 Å². The van der Waals surface area contributed by atoms with Gasteiger partial charge in [-0.1, -0.05) is 17.9 Å². The van der Waals surface area contributed by atoms with Crippen molar-refractivity contribution in [3.8, 4) is 11.8 Å². The van der Waals surface area contributed by atoms with Crippen LogP contribution in [-0.2, 0) is 0 Å². The molecule has 13 heavy (non-hydrogen) atoms. The summed E-state index contributed by atoms with van der Waals surface area (Å²) >= 11 is 0. The number of aromatic nitrogens is 1. The molecule has 0 aromatic carbocycles. The molecule has 0 amide bonds. The van der Waals surface area contributed by atoms with Crippen LogP contribution in [0.1, 0.15) is 6.42 Å². The summed E-state index contributed by atoms with van der Waals surface area (Å²) in [5, 5.41) is 1.02. The Morgan fingerprint density at radius 1 is 1.31 bits per heavy atom. The van der Waals surface area contributed by atoms with Crippen LogP contribution >= 0.6 is 0 Å². The summed E-state index contributed by atoms with van der Waals surface area (Å²) in [7, 11) is 0. The number of fused-ring (bicyclic) bond motifs is 1. The molecule has 0 unspecified atom stereocenters. The number of anilines is 1. The zero-order chi connectivity index (χ0) is 9.10. The van der Waals surface area contributed by atoms with E-state index in [-0.39, 0.29) is 0 Å². The smallest absolute Gasteiger partial charge is 0.157 e. The van der Waals surface area contributed by atoms with Gasteiger partial charge in [-0.05, 0) is 12.1 Å². The fourth-order valence-electron chi connectivity index (χ4n) is 1.16. The third-order valence-electron chi connectivity index (χ3n) is 1.78. The van der Waals surface area contributed by atoms with Gasteiger partial charge >= 0.3 is 0 Å². The van der Waals surface area contributed by atoms with Crippen LogP contribution in [0.4, 0.5) is 5.82 Å². The molecular weight excluding hydrogens is 162 g/mol. The molecule has 3 nitrogen and oxygen atoms in total.